The summed E-state index contributed by atoms with van der Waals surface area (Å²) in [5.74, 6) is 0.264. The summed E-state index contributed by atoms with van der Waals surface area (Å²) < 4.78 is 13.2. The second kappa shape index (κ2) is 5.71. The number of rotatable bonds is 2. The summed E-state index contributed by atoms with van der Waals surface area (Å²) in [5, 5.41) is 0. The first kappa shape index (κ1) is 15.2. The van der Waals surface area contributed by atoms with Crippen LogP contribution in [0.25, 0.3) is 10.4 Å². The number of fused-ring (bicyclic) bond motifs is 3. The molecule has 1 amide bonds. The Labute approximate surface area is 153 Å². The van der Waals surface area contributed by atoms with Crippen LogP contribution < -0.4 is 0 Å². The third-order valence-corrected chi connectivity index (χ3v) is 5.59. The summed E-state index contributed by atoms with van der Waals surface area (Å²) in [7, 11) is 0. The van der Waals surface area contributed by atoms with Crippen molar-refractivity contribution in [3.8, 4) is 10.4 Å². The fourth-order valence-electron chi connectivity index (χ4n) is 3.12. The summed E-state index contributed by atoms with van der Waals surface area (Å²) in [5.41, 5.74) is 2.56. The van der Waals surface area contributed by atoms with Gasteiger partial charge in [-0.15, -0.1) is 11.3 Å². The minimum absolute atomic E-state index is 0.0997. The van der Waals surface area contributed by atoms with Crippen molar-refractivity contribution in [2.45, 2.75) is 6.04 Å². The Morgan fingerprint density at radius 2 is 1.81 bits per heavy atom. The summed E-state index contributed by atoms with van der Waals surface area (Å²) in [6.45, 7) is 0. The van der Waals surface area contributed by atoms with E-state index in [9.17, 15) is 9.18 Å². The van der Waals surface area contributed by atoms with Crippen LogP contribution in [-0.4, -0.2) is 23.0 Å². The van der Waals surface area contributed by atoms with E-state index in [1.54, 1.807) is 12.1 Å². The second-order valence-corrected chi connectivity index (χ2v) is 7.10. The highest BCUT2D eigenvalue weighted by Gasteiger charge is 2.38. The Kier molecular flexibility index (Phi) is 3.33. The zero-order valence-electron chi connectivity index (χ0n) is 13.5. The Balaban J connectivity index is 1.58. The van der Waals surface area contributed by atoms with Crippen molar-refractivity contribution < 1.29 is 9.18 Å². The Bertz CT molecular complexity index is 1070. The van der Waals surface area contributed by atoms with Crippen molar-refractivity contribution in [2.75, 3.05) is 0 Å². The third-order valence-electron chi connectivity index (χ3n) is 4.42. The number of halogens is 1. The lowest BCUT2D eigenvalue weighted by Crippen LogP contribution is -2.33. The molecule has 3 heterocycles. The monoisotopic (exact) mass is 361 g/mol. The number of benzene rings is 2. The molecule has 0 unspecified atom stereocenters. The molecule has 0 N–H and O–H groups in total. The van der Waals surface area contributed by atoms with E-state index in [2.05, 4.69) is 9.98 Å². The van der Waals surface area contributed by atoms with E-state index in [0.29, 0.717) is 5.84 Å². The number of carbonyl (C=O) groups excluding carboxylic acids is 1. The maximum absolute atomic E-state index is 13.2. The van der Waals surface area contributed by atoms with Crippen molar-refractivity contribution in [1.82, 2.24) is 4.90 Å². The van der Waals surface area contributed by atoms with Crippen LogP contribution in [0.1, 0.15) is 16.5 Å². The summed E-state index contributed by atoms with van der Waals surface area (Å²) in [6.07, 6.45) is 1.54. The normalized spacial score (nSPS) is 17.9. The predicted octanol–water partition coefficient (Wildman–Crippen LogP) is 4.56. The molecule has 26 heavy (non-hydrogen) atoms. The van der Waals surface area contributed by atoms with E-state index in [-0.39, 0.29) is 11.7 Å². The Morgan fingerprint density at radius 3 is 2.58 bits per heavy atom. The molecule has 2 aromatic carbocycles. The van der Waals surface area contributed by atoms with E-state index in [1.807, 2.05) is 36.4 Å². The SMILES string of the molecule is O=C1[C@@H](c2ccccc2)N=C2c3sc(-c4ccc(F)cc4)cc3N=CN12. The van der Waals surface area contributed by atoms with Gasteiger partial charge in [0.15, 0.2) is 11.9 Å². The summed E-state index contributed by atoms with van der Waals surface area (Å²) in [6, 6.07) is 17.3. The van der Waals surface area contributed by atoms with Crippen LogP contribution in [0.3, 0.4) is 0 Å². The van der Waals surface area contributed by atoms with Gasteiger partial charge in [-0.3, -0.25) is 9.69 Å². The number of carbonyl (C=O) groups is 1. The van der Waals surface area contributed by atoms with Gasteiger partial charge in [0.25, 0.3) is 5.91 Å². The molecule has 3 aromatic rings. The molecule has 1 atom stereocenters. The molecule has 0 bridgehead atoms. The Hall–Kier alpha value is -3.12. The van der Waals surface area contributed by atoms with Crippen LogP contribution >= 0.6 is 11.3 Å². The van der Waals surface area contributed by atoms with Gasteiger partial charge in [0.1, 0.15) is 12.2 Å². The van der Waals surface area contributed by atoms with E-state index in [0.717, 1.165) is 26.6 Å². The highest BCUT2D eigenvalue weighted by molar-refractivity contribution is 7.18. The van der Waals surface area contributed by atoms with Crippen molar-refractivity contribution in [3.63, 3.8) is 0 Å². The maximum atomic E-state index is 13.2. The molecule has 2 aliphatic rings. The topological polar surface area (TPSA) is 45.0 Å². The Morgan fingerprint density at radius 1 is 1.04 bits per heavy atom. The highest BCUT2D eigenvalue weighted by Crippen LogP contribution is 2.41. The lowest BCUT2D eigenvalue weighted by molar-refractivity contribution is -0.124. The zero-order chi connectivity index (χ0) is 17.7. The fourth-order valence-corrected chi connectivity index (χ4v) is 4.22. The number of nitrogens with zero attached hydrogens (tertiary/aromatic N) is 3. The van der Waals surface area contributed by atoms with Crippen molar-refractivity contribution in [1.29, 1.82) is 0 Å². The van der Waals surface area contributed by atoms with Gasteiger partial charge in [-0.1, -0.05) is 42.5 Å². The van der Waals surface area contributed by atoms with Gasteiger partial charge in [-0.25, -0.2) is 14.4 Å². The maximum Gasteiger partial charge on any atom is 0.262 e. The molecular formula is C20H12FN3OS. The average Bonchev–Trinajstić information content (AvgIpc) is 3.24. The molecule has 126 valence electrons. The highest BCUT2D eigenvalue weighted by atomic mass is 32.1. The van der Waals surface area contributed by atoms with Crippen LogP contribution in [0.15, 0.2) is 70.6 Å². The first-order valence-electron chi connectivity index (χ1n) is 8.11. The molecule has 0 fully saturated rings. The number of hydrogen-bond acceptors (Lipinski definition) is 4. The van der Waals surface area contributed by atoms with Gasteiger partial charge >= 0.3 is 0 Å². The molecule has 0 saturated carbocycles. The first-order valence-corrected chi connectivity index (χ1v) is 8.92. The lowest BCUT2D eigenvalue weighted by Gasteiger charge is -2.16. The molecule has 1 aromatic heterocycles. The second-order valence-electron chi connectivity index (χ2n) is 6.05. The molecule has 4 nitrogen and oxygen atoms in total. The zero-order valence-corrected chi connectivity index (χ0v) is 14.3. The van der Waals surface area contributed by atoms with Crippen molar-refractivity contribution >= 4 is 35.1 Å². The minimum atomic E-state index is -0.542. The fraction of sp³-hybridized carbons (Fsp3) is 0.0500. The summed E-state index contributed by atoms with van der Waals surface area (Å²) >= 11 is 1.51. The summed E-state index contributed by atoms with van der Waals surface area (Å²) in [4.78, 5) is 25.2. The van der Waals surface area contributed by atoms with Gasteiger partial charge in [-0.05, 0) is 29.3 Å². The molecule has 0 spiro atoms. The first-order chi connectivity index (χ1) is 12.7. The molecule has 5 rings (SSSR count). The number of amides is 1. The molecular weight excluding hydrogens is 349 g/mol. The lowest BCUT2D eigenvalue weighted by atomic mass is 10.1. The predicted molar refractivity (Wildman–Crippen MR) is 100 cm³/mol. The van der Waals surface area contributed by atoms with Gasteiger partial charge in [0.05, 0.1) is 10.6 Å². The van der Waals surface area contributed by atoms with Crippen LogP contribution in [0.4, 0.5) is 10.1 Å². The van der Waals surface area contributed by atoms with Crippen LogP contribution in [0.2, 0.25) is 0 Å². The van der Waals surface area contributed by atoms with Crippen molar-refractivity contribution in [3.05, 3.63) is 76.9 Å². The van der Waals surface area contributed by atoms with Crippen molar-refractivity contribution in [2.24, 2.45) is 9.98 Å². The molecule has 2 aliphatic heterocycles. The van der Waals surface area contributed by atoms with Gasteiger partial charge in [-0.2, -0.15) is 0 Å². The van der Waals surface area contributed by atoms with E-state index in [4.69, 9.17) is 0 Å². The third kappa shape index (κ3) is 2.30. The molecule has 0 saturated heterocycles. The van der Waals surface area contributed by atoms with E-state index < -0.39 is 6.04 Å². The molecule has 0 aliphatic carbocycles. The van der Waals surface area contributed by atoms with Gasteiger partial charge < -0.3 is 0 Å². The van der Waals surface area contributed by atoms with Gasteiger partial charge in [0.2, 0.25) is 0 Å². The smallest absolute Gasteiger partial charge is 0.262 e. The molecule has 0 radical (unpaired) electrons. The number of hydrogen-bond donors (Lipinski definition) is 0. The minimum Gasteiger partial charge on any atom is -0.271 e. The standard InChI is InChI=1S/C20H12FN3OS/c21-14-8-6-12(7-9-14)16-10-15-18(26-16)19-23-17(13-4-2-1-3-5-13)20(25)24(19)11-22-15/h1-11,17H/t17-/m1/s1. The largest absolute Gasteiger partial charge is 0.271 e. The quantitative estimate of drug-likeness (QED) is 0.660. The number of amidine groups is 1. The van der Waals surface area contributed by atoms with Crippen LogP contribution in [0, 0.1) is 5.82 Å². The average molecular weight is 361 g/mol. The van der Waals surface area contributed by atoms with Crippen LogP contribution in [0.5, 0.6) is 0 Å². The number of thiophene rings is 1. The van der Waals surface area contributed by atoms with Gasteiger partial charge in [0, 0.05) is 4.88 Å². The van der Waals surface area contributed by atoms with Crippen LogP contribution in [-0.2, 0) is 4.79 Å². The molecule has 6 heteroatoms. The van der Waals surface area contributed by atoms with E-state index in [1.165, 1.54) is 34.7 Å². The van der Waals surface area contributed by atoms with E-state index >= 15 is 0 Å². The number of aliphatic imine (C=N–C) groups is 2.